The molecule has 1 amide bonds. The molecule has 1 aromatic carbocycles. The van der Waals surface area contributed by atoms with E-state index in [4.69, 9.17) is 10.4 Å². The Labute approximate surface area is 103 Å². The van der Waals surface area contributed by atoms with E-state index in [0.717, 1.165) is 6.07 Å². The van der Waals surface area contributed by atoms with Gasteiger partial charge in [-0.2, -0.15) is 0 Å². The van der Waals surface area contributed by atoms with Gasteiger partial charge in [0, 0.05) is 25.3 Å². The smallest absolute Gasteiger partial charge is 0.253 e. The monoisotopic (exact) mass is 255 g/mol. The van der Waals surface area contributed by atoms with Crippen LogP contribution in [0.2, 0.25) is 0 Å². The lowest BCUT2D eigenvalue weighted by Gasteiger charge is -2.39. The molecule has 0 aliphatic rings. The average Bonchev–Trinajstić information content (AvgIpc) is 2.27. The number of amides is 1. The summed E-state index contributed by atoms with van der Waals surface area (Å²) in [6.07, 6.45) is 0. The highest BCUT2D eigenvalue weighted by Crippen LogP contribution is 2.30. The van der Waals surface area contributed by atoms with Gasteiger partial charge in [0.05, 0.1) is 5.69 Å². The van der Waals surface area contributed by atoms with Gasteiger partial charge in [-0.15, -0.1) is 5.23 Å². The number of benzene rings is 1. The molecule has 8 heteroatoms. The molecule has 0 bridgehead atoms. The van der Waals surface area contributed by atoms with E-state index in [1.165, 1.54) is 32.0 Å². The molecule has 1 aromatic rings. The predicted molar refractivity (Wildman–Crippen MR) is 64.5 cm³/mol. The summed E-state index contributed by atoms with van der Waals surface area (Å²) < 4.78 is 0. The molecule has 0 atom stereocenters. The van der Waals surface area contributed by atoms with Crippen LogP contribution in [0.15, 0.2) is 12.1 Å². The molecule has 0 spiro atoms. The standard InChI is InChI=1S/C10H13N3O5/c1-6-8(12(15)16)4-7(10(14)11(2)3)5-9(6)13(17)18/h4-5,15-16H,1-3H3/q-2. The van der Waals surface area contributed by atoms with E-state index < -0.39 is 11.1 Å². The summed E-state index contributed by atoms with van der Waals surface area (Å²) in [7, 11) is 2.98. The minimum atomic E-state index is -0.686. The Morgan fingerprint density at radius 2 is 1.67 bits per heavy atom. The van der Waals surface area contributed by atoms with Gasteiger partial charge in [-0.1, -0.05) is 0 Å². The zero-order valence-electron chi connectivity index (χ0n) is 10.1. The lowest BCUT2D eigenvalue weighted by Crippen LogP contribution is -2.23. The van der Waals surface area contributed by atoms with Crippen LogP contribution in [0.3, 0.4) is 0 Å². The van der Waals surface area contributed by atoms with Crippen LogP contribution in [0, 0.1) is 17.3 Å². The molecule has 0 saturated heterocycles. The van der Waals surface area contributed by atoms with Gasteiger partial charge in [0.2, 0.25) is 0 Å². The van der Waals surface area contributed by atoms with Gasteiger partial charge in [0.15, 0.2) is 0 Å². The summed E-state index contributed by atoms with van der Waals surface area (Å²) in [4.78, 5) is 13.0. The van der Waals surface area contributed by atoms with Crippen molar-refractivity contribution in [3.8, 4) is 0 Å². The second-order valence-corrected chi connectivity index (χ2v) is 3.89. The zero-order valence-corrected chi connectivity index (χ0v) is 10.1. The van der Waals surface area contributed by atoms with Crippen LogP contribution in [0.5, 0.6) is 0 Å². The van der Waals surface area contributed by atoms with Crippen molar-refractivity contribution in [1.29, 1.82) is 0 Å². The van der Waals surface area contributed by atoms with E-state index >= 15 is 0 Å². The second-order valence-electron chi connectivity index (χ2n) is 3.89. The van der Waals surface area contributed by atoms with Crippen LogP contribution < -0.4 is 10.5 Å². The Bertz CT molecular complexity index is 430. The van der Waals surface area contributed by atoms with E-state index in [1.807, 2.05) is 0 Å². The molecule has 0 fully saturated rings. The Hall–Kier alpha value is -1.87. The van der Waals surface area contributed by atoms with Gasteiger partial charge in [-0.25, -0.2) is 0 Å². The van der Waals surface area contributed by atoms with Crippen molar-refractivity contribution in [2.75, 3.05) is 24.5 Å². The quantitative estimate of drug-likeness (QED) is 0.777. The maximum absolute atomic E-state index is 11.7. The molecule has 0 aromatic heterocycles. The lowest BCUT2D eigenvalue weighted by atomic mass is 10.1. The van der Waals surface area contributed by atoms with Crippen LogP contribution in [-0.4, -0.2) is 35.3 Å². The summed E-state index contributed by atoms with van der Waals surface area (Å²) >= 11 is 0. The van der Waals surface area contributed by atoms with Crippen molar-refractivity contribution >= 4 is 17.3 Å². The summed E-state index contributed by atoms with van der Waals surface area (Å²) in [6, 6.07) is 2.27. The van der Waals surface area contributed by atoms with E-state index in [2.05, 4.69) is 0 Å². The third-order valence-electron chi connectivity index (χ3n) is 2.42. The van der Waals surface area contributed by atoms with E-state index in [-0.39, 0.29) is 27.7 Å². The Morgan fingerprint density at radius 3 is 2.06 bits per heavy atom. The topological polar surface area (TPSA) is 113 Å². The minimum Gasteiger partial charge on any atom is -0.769 e. The number of hydrogen-bond acceptors (Lipinski definition) is 7. The molecule has 0 heterocycles. The average molecular weight is 255 g/mol. The highest BCUT2D eigenvalue weighted by atomic mass is 16.8. The van der Waals surface area contributed by atoms with Crippen molar-refractivity contribution in [3.63, 3.8) is 0 Å². The van der Waals surface area contributed by atoms with Crippen molar-refractivity contribution in [1.82, 2.24) is 4.90 Å². The van der Waals surface area contributed by atoms with Gasteiger partial charge < -0.3 is 20.5 Å². The van der Waals surface area contributed by atoms with Crippen LogP contribution in [0.25, 0.3) is 0 Å². The lowest BCUT2D eigenvalue weighted by molar-refractivity contribution is 0.0288. The minimum absolute atomic E-state index is 0.000370. The van der Waals surface area contributed by atoms with E-state index in [0.29, 0.717) is 0 Å². The molecule has 0 aliphatic heterocycles. The van der Waals surface area contributed by atoms with Crippen LogP contribution in [0.4, 0.5) is 11.4 Å². The first kappa shape index (κ1) is 14.2. The molecular weight excluding hydrogens is 242 g/mol. The van der Waals surface area contributed by atoms with Crippen molar-refractivity contribution in [3.05, 3.63) is 33.7 Å². The molecule has 18 heavy (non-hydrogen) atoms. The molecule has 0 radical (unpaired) electrons. The summed E-state index contributed by atoms with van der Waals surface area (Å²) in [6.45, 7) is 1.36. The Balaban J connectivity index is 3.43. The molecule has 8 nitrogen and oxygen atoms in total. The third-order valence-corrected chi connectivity index (χ3v) is 2.42. The van der Waals surface area contributed by atoms with Crippen molar-refractivity contribution in [2.24, 2.45) is 0 Å². The first-order valence-corrected chi connectivity index (χ1v) is 4.94. The van der Waals surface area contributed by atoms with Gasteiger partial charge in [0.25, 0.3) is 5.91 Å². The first-order valence-electron chi connectivity index (χ1n) is 4.94. The third kappa shape index (κ3) is 2.68. The largest absolute Gasteiger partial charge is 0.769 e. The molecule has 100 valence electrons. The maximum atomic E-state index is 11.7. The molecule has 0 unspecified atom stereocenters. The normalized spacial score (nSPS) is 10.2. The zero-order chi connectivity index (χ0) is 14.0. The summed E-state index contributed by atoms with van der Waals surface area (Å²) in [5.74, 6) is -0.471. The Morgan fingerprint density at radius 1 is 1.17 bits per heavy atom. The summed E-state index contributed by atoms with van der Waals surface area (Å²) in [5.41, 5.74) is -0.513. The van der Waals surface area contributed by atoms with Gasteiger partial charge in [-0.05, 0) is 24.6 Å². The maximum Gasteiger partial charge on any atom is 0.253 e. The summed E-state index contributed by atoms with van der Waals surface area (Å²) in [5, 5.41) is 38.7. The second kappa shape index (κ2) is 5.19. The highest BCUT2D eigenvalue weighted by Gasteiger charge is 2.15. The fourth-order valence-corrected chi connectivity index (χ4v) is 1.46. The molecular formula is C10H13N3O5-2. The van der Waals surface area contributed by atoms with Crippen molar-refractivity contribution < 1.29 is 15.2 Å². The fraction of sp³-hybridized carbons (Fsp3) is 0.300. The highest BCUT2D eigenvalue weighted by molar-refractivity contribution is 5.96. The van der Waals surface area contributed by atoms with Gasteiger partial charge in [-0.3, -0.25) is 15.2 Å². The molecule has 1 rings (SSSR count). The number of hydrogen-bond donors (Lipinski definition) is 2. The Kier molecular flexibility index (Phi) is 4.09. The molecule has 0 saturated carbocycles. The van der Waals surface area contributed by atoms with Crippen LogP contribution in [-0.2, 0) is 0 Å². The number of nitrogens with zero attached hydrogens (tertiary/aromatic N) is 3. The number of anilines is 2. The molecule has 0 aliphatic carbocycles. The number of carbonyl (C=O) groups is 1. The number of rotatable bonds is 3. The van der Waals surface area contributed by atoms with Crippen LogP contribution >= 0.6 is 0 Å². The van der Waals surface area contributed by atoms with E-state index in [9.17, 15) is 15.2 Å². The molecule has 2 N–H and O–H groups in total. The first-order chi connectivity index (χ1) is 8.25. The number of carbonyl (C=O) groups excluding carboxylic acids is 1. The van der Waals surface area contributed by atoms with Crippen LogP contribution in [0.1, 0.15) is 15.9 Å². The predicted octanol–water partition coefficient (Wildman–Crippen LogP) is 1.08. The SMILES string of the molecule is Cc1c(N([O-])[O-])cc(C(=O)N(C)C)cc1N(O)O. The van der Waals surface area contributed by atoms with Gasteiger partial charge in [0.1, 0.15) is 0 Å². The van der Waals surface area contributed by atoms with Crippen molar-refractivity contribution in [2.45, 2.75) is 6.92 Å². The van der Waals surface area contributed by atoms with Gasteiger partial charge >= 0.3 is 0 Å². The fourth-order valence-electron chi connectivity index (χ4n) is 1.46. The van der Waals surface area contributed by atoms with E-state index in [1.54, 1.807) is 0 Å².